The molecular formula is C28H44O. The first-order valence-electron chi connectivity index (χ1n) is 12.7. The van der Waals surface area contributed by atoms with Crippen LogP contribution in [0.15, 0.2) is 35.5 Å². The molecular weight excluding hydrogens is 352 g/mol. The minimum absolute atomic E-state index is 0.132. The maximum Gasteiger partial charge on any atom is 0.0578 e. The van der Waals surface area contributed by atoms with Crippen molar-refractivity contribution in [2.75, 3.05) is 0 Å². The molecule has 4 aliphatic rings. The Kier molecular flexibility index (Phi) is 5.34. The summed E-state index contributed by atoms with van der Waals surface area (Å²) in [5, 5.41) is 10.2. The average Bonchev–Trinajstić information content (AvgIpc) is 3.03. The average molecular weight is 398 g/mol. The molecule has 0 unspecified atom stereocenters. The molecule has 0 saturated heterocycles. The molecule has 0 amide bonds. The Balaban J connectivity index is 1.56. The smallest absolute Gasteiger partial charge is 0.0578 e. The van der Waals surface area contributed by atoms with Crippen molar-refractivity contribution in [2.45, 2.75) is 92.6 Å². The molecule has 3 saturated carbocycles. The molecule has 1 nitrogen and oxygen atoms in total. The van der Waals surface area contributed by atoms with Gasteiger partial charge in [-0.3, -0.25) is 0 Å². The lowest BCUT2D eigenvalue weighted by Crippen LogP contribution is -2.46. The van der Waals surface area contributed by atoms with Gasteiger partial charge in [-0.1, -0.05) is 77.0 Å². The summed E-state index contributed by atoms with van der Waals surface area (Å²) in [6, 6.07) is 0. The number of aliphatic hydroxyl groups excluding tert-OH is 1. The molecule has 4 aliphatic carbocycles. The highest BCUT2D eigenvalue weighted by molar-refractivity contribution is 5.39. The van der Waals surface area contributed by atoms with E-state index in [9.17, 15) is 5.11 Å². The molecule has 1 heteroatoms. The number of aliphatic hydroxyl groups is 1. The normalized spacial score (nSPS) is 44.9. The zero-order chi connectivity index (χ0) is 21.9. The van der Waals surface area contributed by atoms with Gasteiger partial charge in [-0.2, -0.15) is 0 Å². The molecule has 162 valence electrons. The van der Waals surface area contributed by atoms with Crippen molar-refractivity contribution in [2.24, 2.45) is 46.3 Å². The minimum Gasteiger partial charge on any atom is -0.393 e. The van der Waals surface area contributed by atoms with Crippen LogP contribution in [0.5, 0.6) is 0 Å². The Bertz CT molecular complexity index is 755. The lowest BCUT2D eigenvalue weighted by molar-refractivity contribution is 0.0382. The maximum atomic E-state index is 10.2. The van der Waals surface area contributed by atoms with Gasteiger partial charge in [0.05, 0.1) is 6.10 Å². The fourth-order valence-corrected chi connectivity index (χ4v) is 7.56. The van der Waals surface area contributed by atoms with Crippen LogP contribution in [0.2, 0.25) is 0 Å². The zero-order valence-electron chi connectivity index (χ0n) is 20.7. The van der Waals surface area contributed by atoms with Crippen LogP contribution in [-0.2, 0) is 0 Å². The van der Waals surface area contributed by atoms with Crippen LogP contribution in [0, 0.1) is 46.3 Å². The van der Waals surface area contributed by atoms with E-state index in [2.05, 4.69) is 52.0 Å². The fourth-order valence-electron chi connectivity index (χ4n) is 7.56. The third kappa shape index (κ3) is 3.50. The van der Waals surface area contributed by atoms with E-state index in [1.807, 2.05) is 13.8 Å². The van der Waals surface area contributed by atoms with Gasteiger partial charge in [-0.05, 0) is 91.3 Å². The highest BCUT2D eigenvalue weighted by Crippen LogP contribution is 2.65. The molecule has 0 aliphatic heterocycles. The van der Waals surface area contributed by atoms with Crippen molar-refractivity contribution < 1.29 is 6.48 Å². The second kappa shape index (κ2) is 7.70. The van der Waals surface area contributed by atoms with Crippen molar-refractivity contribution in [1.29, 1.82) is 0 Å². The van der Waals surface area contributed by atoms with Crippen molar-refractivity contribution in [3.05, 3.63) is 35.5 Å². The van der Waals surface area contributed by atoms with Gasteiger partial charge in [-0.15, -0.1) is 0 Å². The lowest BCUT2D eigenvalue weighted by Gasteiger charge is -2.55. The van der Waals surface area contributed by atoms with Crippen LogP contribution in [0.4, 0.5) is 0 Å². The van der Waals surface area contributed by atoms with Gasteiger partial charge in [0, 0.05) is 1.37 Å². The predicted octanol–water partition coefficient (Wildman–Crippen LogP) is 7.33. The van der Waals surface area contributed by atoms with Gasteiger partial charge < -0.3 is 5.11 Å². The van der Waals surface area contributed by atoms with Crippen LogP contribution in [-0.4, -0.2) is 11.2 Å². The third-order valence-electron chi connectivity index (χ3n) is 9.87. The Labute approximate surface area is 181 Å². The SMILES string of the molecule is [2H]C(C)(C)[C@@H](C)/C=C/[C@@H](C)[C@H]1CC[C@H]2C3=CC=C4C[C@@H](O)CC[C@]4(C)[C@H]3CC[C@]12C. The molecule has 0 aromatic heterocycles. The van der Waals surface area contributed by atoms with Crippen molar-refractivity contribution >= 4 is 0 Å². The van der Waals surface area contributed by atoms with Gasteiger partial charge in [0.1, 0.15) is 0 Å². The summed E-state index contributed by atoms with van der Waals surface area (Å²) < 4.78 is 8.30. The van der Waals surface area contributed by atoms with Crippen LogP contribution in [0.1, 0.15) is 87.9 Å². The number of hydrogen-bond donors (Lipinski definition) is 1. The van der Waals surface area contributed by atoms with Crippen LogP contribution >= 0.6 is 0 Å². The number of hydrogen-bond acceptors (Lipinski definition) is 1. The molecule has 1 N–H and O–H groups in total. The number of allylic oxidation sites excluding steroid dienone is 5. The van der Waals surface area contributed by atoms with E-state index in [-0.39, 0.29) is 17.4 Å². The Morgan fingerprint density at radius 1 is 1.00 bits per heavy atom. The molecule has 29 heavy (non-hydrogen) atoms. The van der Waals surface area contributed by atoms with E-state index in [1.165, 1.54) is 31.3 Å². The van der Waals surface area contributed by atoms with E-state index in [0.717, 1.165) is 31.1 Å². The Morgan fingerprint density at radius 3 is 2.48 bits per heavy atom. The van der Waals surface area contributed by atoms with Gasteiger partial charge in [0.2, 0.25) is 0 Å². The number of rotatable bonds is 4. The molecule has 0 aromatic rings. The van der Waals surface area contributed by atoms with Crippen LogP contribution < -0.4 is 0 Å². The van der Waals surface area contributed by atoms with Gasteiger partial charge >= 0.3 is 0 Å². The first-order valence-corrected chi connectivity index (χ1v) is 12.2. The van der Waals surface area contributed by atoms with E-state index in [4.69, 9.17) is 1.37 Å². The van der Waals surface area contributed by atoms with Gasteiger partial charge in [-0.25, -0.2) is 0 Å². The first-order chi connectivity index (χ1) is 14.0. The van der Waals surface area contributed by atoms with Crippen molar-refractivity contribution in [3.8, 4) is 0 Å². The van der Waals surface area contributed by atoms with Gasteiger partial charge in [0.15, 0.2) is 0 Å². The largest absolute Gasteiger partial charge is 0.393 e. The van der Waals surface area contributed by atoms with E-state index in [1.54, 1.807) is 5.57 Å². The van der Waals surface area contributed by atoms with E-state index < -0.39 is 5.89 Å². The molecule has 0 radical (unpaired) electrons. The maximum absolute atomic E-state index is 10.2. The van der Waals surface area contributed by atoms with E-state index in [0.29, 0.717) is 17.3 Å². The standard InChI is InChI=1S/C28H44O/c1-18(2)19(3)7-8-20(4)24-11-12-25-23-10-9-21-17-22(29)13-15-27(21,5)26(23)14-16-28(24,25)6/h7-10,18-20,22,24-26,29H,11-17H2,1-6H3/b8-7+/t19-,20+,22-,24+,25-,26-,27-,28+/m0/s1/i18D. The molecule has 4 rings (SSSR count). The molecule has 0 bridgehead atoms. The van der Waals surface area contributed by atoms with Crippen molar-refractivity contribution in [3.63, 3.8) is 0 Å². The first kappa shape index (κ1) is 20.1. The zero-order valence-corrected chi connectivity index (χ0v) is 19.7. The molecule has 3 fully saturated rings. The second-order valence-corrected chi connectivity index (χ2v) is 11.6. The Morgan fingerprint density at radius 2 is 1.76 bits per heavy atom. The second-order valence-electron chi connectivity index (χ2n) is 11.6. The Hall–Kier alpha value is -0.820. The highest BCUT2D eigenvalue weighted by Gasteiger charge is 2.56. The summed E-state index contributed by atoms with van der Waals surface area (Å²) in [5.41, 5.74) is 3.94. The van der Waals surface area contributed by atoms with Crippen molar-refractivity contribution in [1.82, 2.24) is 0 Å². The van der Waals surface area contributed by atoms with Gasteiger partial charge in [0.25, 0.3) is 0 Å². The lowest BCUT2D eigenvalue weighted by atomic mass is 9.50. The summed E-state index contributed by atoms with van der Waals surface area (Å²) in [6.45, 7) is 13.7. The van der Waals surface area contributed by atoms with Crippen LogP contribution in [0.25, 0.3) is 0 Å². The van der Waals surface area contributed by atoms with E-state index >= 15 is 0 Å². The summed E-state index contributed by atoms with van der Waals surface area (Å²) >= 11 is 0. The number of fused-ring (bicyclic) bond motifs is 5. The fraction of sp³-hybridized carbons (Fsp3) is 0.786. The molecule has 0 spiro atoms. The monoisotopic (exact) mass is 397 g/mol. The topological polar surface area (TPSA) is 20.2 Å². The molecule has 0 aromatic carbocycles. The summed E-state index contributed by atoms with van der Waals surface area (Å²) in [5.74, 6) is 2.62. The molecule has 0 heterocycles. The van der Waals surface area contributed by atoms with Crippen LogP contribution in [0.3, 0.4) is 0 Å². The summed E-state index contributed by atoms with van der Waals surface area (Å²) in [6.07, 6.45) is 17.8. The third-order valence-corrected chi connectivity index (χ3v) is 9.87. The summed E-state index contributed by atoms with van der Waals surface area (Å²) in [7, 11) is 0. The highest BCUT2D eigenvalue weighted by atomic mass is 16.3. The summed E-state index contributed by atoms with van der Waals surface area (Å²) in [4.78, 5) is 0. The predicted molar refractivity (Wildman–Crippen MR) is 123 cm³/mol. The molecule has 8 atom stereocenters. The minimum atomic E-state index is -0.406. The quantitative estimate of drug-likeness (QED) is 0.492.